The summed E-state index contributed by atoms with van der Waals surface area (Å²) < 4.78 is 42.9. The fraction of sp³-hybridized carbons (Fsp3) is 0.0769. The lowest BCUT2D eigenvalue weighted by Crippen LogP contribution is -2.06. The Bertz CT molecular complexity index is 670. The number of benzene rings is 2. The van der Waals surface area contributed by atoms with Crippen molar-refractivity contribution in [2.45, 2.75) is 6.61 Å². The summed E-state index contributed by atoms with van der Waals surface area (Å²) in [5, 5.41) is 3.28. The first-order valence-corrected chi connectivity index (χ1v) is 7.08. The second-order valence-electron chi connectivity index (χ2n) is 4.00. The Kier molecular flexibility index (Phi) is 5.04. The van der Waals surface area contributed by atoms with Gasteiger partial charge >= 0.3 is 6.61 Å². The molecule has 0 spiro atoms. The third-order valence-electron chi connectivity index (χ3n) is 2.52. The molecule has 0 aliphatic heterocycles. The minimum absolute atomic E-state index is 0.0451. The second-order valence-corrected chi connectivity index (χ2v) is 5.65. The summed E-state index contributed by atoms with van der Waals surface area (Å²) in [4.78, 5) is 0. The van der Waals surface area contributed by atoms with Gasteiger partial charge in [0.2, 0.25) is 0 Å². The highest BCUT2D eigenvalue weighted by Crippen LogP contribution is 2.34. The van der Waals surface area contributed by atoms with Gasteiger partial charge in [-0.3, -0.25) is 0 Å². The molecule has 3 nitrogen and oxygen atoms in total. The number of alkyl halides is 2. The molecule has 8 heteroatoms. The first-order chi connectivity index (χ1) is 9.86. The average molecular weight is 429 g/mol. The molecular weight excluding hydrogens is 420 g/mol. The van der Waals surface area contributed by atoms with E-state index in [1.807, 2.05) is 0 Å². The third kappa shape index (κ3) is 4.07. The van der Waals surface area contributed by atoms with Crippen LogP contribution < -0.4 is 15.8 Å². The fourth-order valence-corrected chi connectivity index (χ4v) is 2.50. The number of nitrogen functional groups attached to an aromatic ring is 1. The number of hydrogen-bond acceptors (Lipinski definition) is 3. The van der Waals surface area contributed by atoms with Gasteiger partial charge in [0.1, 0.15) is 0 Å². The summed E-state index contributed by atoms with van der Waals surface area (Å²) in [7, 11) is 0. The predicted octanol–water partition coefficient (Wildman–Crippen LogP) is 5.01. The molecule has 0 atom stereocenters. The molecule has 0 saturated heterocycles. The molecular formula is C13H9ClF3IN2O. The number of nitrogens with one attached hydrogen (secondary N) is 1. The number of hydrogen-bond donors (Lipinski definition) is 2. The number of halogens is 5. The molecule has 2 aromatic carbocycles. The van der Waals surface area contributed by atoms with E-state index in [2.05, 4.69) is 32.6 Å². The molecule has 0 amide bonds. The van der Waals surface area contributed by atoms with E-state index in [1.54, 1.807) is 18.2 Å². The van der Waals surface area contributed by atoms with Crippen LogP contribution in [-0.2, 0) is 0 Å². The molecule has 3 N–H and O–H groups in total. The Hall–Kier alpha value is -1.35. The summed E-state index contributed by atoms with van der Waals surface area (Å²) in [6.07, 6.45) is 0. The molecule has 21 heavy (non-hydrogen) atoms. The maximum atomic E-state index is 13.5. The second kappa shape index (κ2) is 6.61. The third-order valence-corrected chi connectivity index (χ3v) is 3.50. The fourth-order valence-electron chi connectivity index (χ4n) is 1.60. The van der Waals surface area contributed by atoms with Crippen LogP contribution in [-0.4, -0.2) is 6.61 Å². The summed E-state index contributed by atoms with van der Waals surface area (Å²) in [6, 6.07) is 7.16. The number of ether oxygens (including phenoxy) is 1. The molecule has 0 aliphatic carbocycles. The van der Waals surface area contributed by atoms with Crippen LogP contribution in [0.1, 0.15) is 0 Å². The van der Waals surface area contributed by atoms with E-state index in [9.17, 15) is 13.2 Å². The summed E-state index contributed by atoms with van der Waals surface area (Å²) >= 11 is 8.15. The van der Waals surface area contributed by atoms with Crippen molar-refractivity contribution in [1.29, 1.82) is 0 Å². The van der Waals surface area contributed by atoms with Gasteiger partial charge in [0.25, 0.3) is 0 Å². The van der Waals surface area contributed by atoms with Crippen LogP contribution in [0.25, 0.3) is 0 Å². The van der Waals surface area contributed by atoms with Crippen molar-refractivity contribution in [3.63, 3.8) is 0 Å². The molecule has 2 rings (SSSR count). The van der Waals surface area contributed by atoms with Crippen LogP contribution in [0.15, 0.2) is 30.3 Å². The van der Waals surface area contributed by atoms with Gasteiger partial charge in [0.15, 0.2) is 11.6 Å². The van der Waals surface area contributed by atoms with Crippen molar-refractivity contribution in [3.05, 3.63) is 44.7 Å². The Morgan fingerprint density at radius 1 is 1.19 bits per heavy atom. The van der Waals surface area contributed by atoms with E-state index >= 15 is 0 Å². The van der Waals surface area contributed by atoms with Gasteiger partial charge in [-0.15, -0.1) is 0 Å². The maximum Gasteiger partial charge on any atom is 0.387 e. The van der Waals surface area contributed by atoms with E-state index < -0.39 is 18.2 Å². The van der Waals surface area contributed by atoms with Crippen molar-refractivity contribution >= 4 is 51.3 Å². The predicted molar refractivity (Wildman–Crippen MR) is 84.9 cm³/mol. The Morgan fingerprint density at radius 2 is 1.90 bits per heavy atom. The average Bonchev–Trinajstić information content (AvgIpc) is 2.37. The zero-order valence-corrected chi connectivity index (χ0v) is 13.3. The molecule has 0 aliphatic rings. The lowest BCUT2D eigenvalue weighted by Gasteiger charge is -2.14. The SMILES string of the molecule is Nc1cc(F)c(OC(F)F)cc1Nc1ccc(I)cc1Cl. The molecule has 0 radical (unpaired) electrons. The standard InChI is InChI=1S/C13H9ClF3IN2O/c14-7-3-6(18)1-2-10(7)20-11-5-12(21-13(16)17)8(15)4-9(11)19/h1-5,13,20H,19H2. The topological polar surface area (TPSA) is 47.3 Å². The van der Waals surface area contributed by atoms with Gasteiger partial charge in [-0.05, 0) is 40.8 Å². The van der Waals surface area contributed by atoms with E-state index in [-0.39, 0.29) is 11.4 Å². The number of nitrogens with two attached hydrogens (primary N) is 1. The first-order valence-electron chi connectivity index (χ1n) is 5.62. The largest absolute Gasteiger partial charge is 0.432 e. The Labute approximate surface area is 137 Å². The summed E-state index contributed by atoms with van der Waals surface area (Å²) in [5.74, 6) is -1.56. The van der Waals surface area contributed by atoms with E-state index in [0.29, 0.717) is 10.7 Å². The van der Waals surface area contributed by atoms with Crippen molar-refractivity contribution in [1.82, 2.24) is 0 Å². The minimum atomic E-state index is -3.13. The number of rotatable bonds is 4. The molecule has 0 bridgehead atoms. The maximum absolute atomic E-state index is 13.5. The molecule has 0 heterocycles. The highest BCUT2D eigenvalue weighted by molar-refractivity contribution is 14.1. The van der Waals surface area contributed by atoms with E-state index in [0.717, 1.165) is 15.7 Å². The highest BCUT2D eigenvalue weighted by atomic mass is 127. The molecule has 0 aromatic heterocycles. The highest BCUT2D eigenvalue weighted by Gasteiger charge is 2.14. The number of anilines is 3. The minimum Gasteiger partial charge on any atom is -0.432 e. The lowest BCUT2D eigenvalue weighted by atomic mass is 10.2. The summed E-state index contributed by atoms with van der Waals surface area (Å²) in [5.41, 5.74) is 6.43. The van der Waals surface area contributed by atoms with Crippen molar-refractivity contribution < 1.29 is 17.9 Å². The van der Waals surface area contributed by atoms with Gasteiger partial charge in [0, 0.05) is 15.7 Å². The smallest absolute Gasteiger partial charge is 0.387 e. The Morgan fingerprint density at radius 3 is 2.52 bits per heavy atom. The van der Waals surface area contributed by atoms with Crippen LogP contribution in [0.3, 0.4) is 0 Å². The van der Waals surface area contributed by atoms with E-state index in [1.165, 1.54) is 0 Å². The van der Waals surface area contributed by atoms with Crippen LogP contribution in [0.4, 0.5) is 30.2 Å². The zero-order valence-electron chi connectivity index (χ0n) is 10.3. The summed E-state index contributed by atoms with van der Waals surface area (Å²) in [6.45, 7) is -3.13. The molecule has 0 fully saturated rings. The van der Waals surface area contributed by atoms with E-state index in [4.69, 9.17) is 17.3 Å². The molecule has 0 unspecified atom stereocenters. The van der Waals surface area contributed by atoms with Gasteiger partial charge in [-0.2, -0.15) is 8.78 Å². The van der Waals surface area contributed by atoms with Crippen LogP contribution in [0.2, 0.25) is 5.02 Å². The monoisotopic (exact) mass is 428 g/mol. The molecule has 0 saturated carbocycles. The van der Waals surface area contributed by atoms with Crippen molar-refractivity contribution in [2.24, 2.45) is 0 Å². The zero-order chi connectivity index (χ0) is 15.6. The lowest BCUT2D eigenvalue weighted by molar-refractivity contribution is -0.0521. The molecule has 2 aromatic rings. The van der Waals surface area contributed by atoms with Crippen molar-refractivity contribution in [3.8, 4) is 5.75 Å². The van der Waals surface area contributed by atoms with Crippen molar-refractivity contribution in [2.75, 3.05) is 11.1 Å². The van der Waals surface area contributed by atoms with Crippen LogP contribution >= 0.6 is 34.2 Å². The normalized spacial score (nSPS) is 10.8. The van der Waals surface area contributed by atoms with Crippen LogP contribution in [0, 0.1) is 9.39 Å². The Balaban J connectivity index is 2.34. The van der Waals surface area contributed by atoms with Gasteiger partial charge in [-0.1, -0.05) is 11.6 Å². The quantitative estimate of drug-likeness (QED) is 0.532. The first kappa shape index (κ1) is 16.0. The van der Waals surface area contributed by atoms with Gasteiger partial charge in [0.05, 0.1) is 22.1 Å². The van der Waals surface area contributed by atoms with Crippen LogP contribution in [0.5, 0.6) is 5.75 Å². The molecule has 112 valence electrons. The van der Waals surface area contributed by atoms with Gasteiger partial charge < -0.3 is 15.8 Å². The van der Waals surface area contributed by atoms with Gasteiger partial charge in [-0.25, -0.2) is 4.39 Å².